The number of nitriles is 1. The quantitative estimate of drug-likeness (QED) is 0.778. The van der Waals surface area contributed by atoms with Gasteiger partial charge in [0.25, 0.3) is 0 Å². The minimum atomic E-state index is 0.411. The maximum Gasteiger partial charge on any atom is 0.223 e. The van der Waals surface area contributed by atoms with Crippen LogP contribution in [-0.2, 0) is 0 Å². The first-order chi connectivity index (χ1) is 6.88. The van der Waals surface area contributed by atoms with Crippen LogP contribution in [0.25, 0.3) is 0 Å². The molecule has 0 atom stereocenters. The standard InChI is InChI=1S/C10H12N4/c11-7-9-4-6-13-10(14-9)12-5-3-8-1-2-8/h4,6,8H,1-3,5H2,(H,12,13,14). The highest BCUT2D eigenvalue weighted by molar-refractivity contribution is 5.29. The molecule has 0 spiro atoms. The van der Waals surface area contributed by atoms with E-state index in [0.717, 1.165) is 12.5 Å². The molecule has 4 heteroatoms. The highest BCUT2D eigenvalue weighted by Crippen LogP contribution is 2.31. The van der Waals surface area contributed by atoms with Gasteiger partial charge >= 0.3 is 0 Å². The monoisotopic (exact) mass is 188 g/mol. The molecule has 1 aromatic heterocycles. The minimum Gasteiger partial charge on any atom is -0.354 e. The van der Waals surface area contributed by atoms with Gasteiger partial charge in [-0.1, -0.05) is 12.8 Å². The van der Waals surface area contributed by atoms with Crippen molar-refractivity contribution in [2.45, 2.75) is 19.3 Å². The average molecular weight is 188 g/mol. The fraction of sp³-hybridized carbons (Fsp3) is 0.500. The molecule has 0 bridgehead atoms. The molecule has 1 saturated carbocycles. The topological polar surface area (TPSA) is 61.6 Å². The number of hydrogen-bond donors (Lipinski definition) is 1. The van der Waals surface area contributed by atoms with Crippen LogP contribution >= 0.6 is 0 Å². The zero-order chi connectivity index (χ0) is 9.80. The van der Waals surface area contributed by atoms with Crippen LogP contribution in [0.3, 0.4) is 0 Å². The maximum atomic E-state index is 8.62. The van der Waals surface area contributed by atoms with E-state index >= 15 is 0 Å². The Kier molecular flexibility index (Phi) is 2.59. The highest BCUT2D eigenvalue weighted by atomic mass is 15.1. The second kappa shape index (κ2) is 4.05. The van der Waals surface area contributed by atoms with Crippen molar-refractivity contribution in [2.75, 3.05) is 11.9 Å². The van der Waals surface area contributed by atoms with E-state index in [-0.39, 0.29) is 0 Å². The van der Waals surface area contributed by atoms with Crippen LogP contribution in [0.2, 0.25) is 0 Å². The second-order valence-corrected chi connectivity index (χ2v) is 3.54. The Morgan fingerprint density at radius 3 is 3.14 bits per heavy atom. The summed E-state index contributed by atoms with van der Waals surface area (Å²) < 4.78 is 0. The first-order valence-corrected chi connectivity index (χ1v) is 4.85. The van der Waals surface area contributed by atoms with E-state index < -0.39 is 0 Å². The molecule has 1 aliphatic carbocycles. The summed E-state index contributed by atoms with van der Waals surface area (Å²) >= 11 is 0. The summed E-state index contributed by atoms with van der Waals surface area (Å²) in [6, 6.07) is 3.59. The Morgan fingerprint density at radius 1 is 1.57 bits per heavy atom. The van der Waals surface area contributed by atoms with E-state index in [9.17, 15) is 0 Å². The van der Waals surface area contributed by atoms with E-state index in [0.29, 0.717) is 11.6 Å². The smallest absolute Gasteiger partial charge is 0.223 e. The molecule has 4 nitrogen and oxygen atoms in total. The van der Waals surface area contributed by atoms with Crippen LogP contribution in [0.15, 0.2) is 12.3 Å². The summed E-state index contributed by atoms with van der Waals surface area (Å²) in [4.78, 5) is 8.06. The molecule has 1 N–H and O–H groups in total. The van der Waals surface area contributed by atoms with E-state index in [1.165, 1.54) is 19.3 Å². The Bertz CT molecular complexity index is 351. The van der Waals surface area contributed by atoms with Gasteiger partial charge in [-0.3, -0.25) is 0 Å². The van der Waals surface area contributed by atoms with Crippen LogP contribution in [0.5, 0.6) is 0 Å². The molecular weight excluding hydrogens is 176 g/mol. The summed E-state index contributed by atoms with van der Waals surface area (Å²) in [5, 5.41) is 11.7. The van der Waals surface area contributed by atoms with Gasteiger partial charge < -0.3 is 5.32 Å². The highest BCUT2D eigenvalue weighted by Gasteiger charge is 2.20. The molecule has 14 heavy (non-hydrogen) atoms. The predicted molar refractivity (Wildman–Crippen MR) is 52.6 cm³/mol. The molecule has 0 amide bonds. The third-order valence-electron chi connectivity index (χ3n) is 2.30. The number of nitrogens with zero attached hydrogens (tertiary/aromatic N) is 3. The summed E-state index contributed by atoms with van der Waals surface area (Å²) in [7, 11) is 0. The Balaban J connectivity index is 1.85. The molecule has 0 aliphatic heterocycles. The van der Waals surface area contributed by atoms with Crippen molar-refractivity contribution in [3.05, 3.63) is 18.0 Å². The molecule has 1 fully saturated rings. The van der Waals surface area contributed by atoms with Gasteiger partial charge in [-0.15, -0.1) is 0 Å². The van der Waals surface area contributed by atoms with Crippen LogP contribution in [0.4, 0.5) is 5.95 Å². The van der Waals surface area contributed by atoms with Gasteiger partial charge in [0.2, 0.25) is 5.95 Å². The number of anilines is 1. The molecule has 0 radical (unpaired) electrons. The molecule has 0 aromatic carbocycles. The molecule has 2 rings (SSSR count). The third-order valence-corrected chi connectivity index (χ3v) is 2.30. The van der Waals surface area contributed by atoms with Crippen molar-refractivity contribution in [1.82, 2.24) is 9.97 Å². The predicted octanol–water partition coefficient (Wildman–Crippen LogP) is 1.56. The lowest BCUT2D eigenvalue weighted by atomic mass is 10.3. The lowest BCUT2D eigenvalue weighted by Gasteiger charge is -2.02. The number of rotatable bonds is 4. The van der Waals surface area contributed by atoms with Gasteiger partial charge in [0.15, 0.2) is 0 Å². The van der Waals surface area contributed by atoms with Gasteiger partial charge in [-0.05, 0) is 18.4 Å². The summed E-state index contributed by atoms with van der Waals surface area (Å²) in [5.74, 6) is 1.46. The van der Waals surface area contributed by atoms with Crippen LogP contribution in [0, 0.1) is 17.2 Å². The zero-order valence-electron chi connectivity index (χ0n) is 7.90. The summed E-state index contributed by atoms with van der Waals surface area (Å²) in [5.41, 5.74) is 0.411. The van der Waals surface area contributed by atoms with Gasteiger partial charge in [0.1, 0.15) is 11.8 Å². The van der Waals surface area contributed by atoms with Gasteiger partial charge in [0.05, 0.1) is 0 Å². The van der Waals surface area contributed by atoms with Crippen molar-refractivity contribution in [3.63, 3.8) is 0 Å². The zero-order valence-corrected chi connectivity index (χ0v) is 7.90. The van der Waals surface area contributed by atoms with Crippen LogP contribution < -0.4 is 5.32 Å². The van der Waals surface area contributed by atoms with Gasteiger partial charge in [-0.2, -0.15) is 5.26 Å². The molecule has 1 aliphatic rings. The van der Waals surface area contributed by atoms with Crippen molar-refractivity contribution in [3.8, 4) is 6.07 Å². The Hall–Kier alpha value is -1.63. The molecule has 1 heterocycles. The van der Waals surface area contributed by atoms with E-state index in [1.54, 1.807) is 12.3 Å². The van der Waals surface area contributed by atoms with E-state index in [2.05, 4.69) is 15.3 Å². The maximum absolute atomic E-state index is 8.62. The second-order valence-electron chi connectivity index (χ2n) is 3.54. The van der Waals surface area contributed by atoms with E-state index in [1.807, 2.05) is 6.07 Å². The van der Waals surface area contributed by atoms with E-state index in [4.69, 9.17) is 5.26 Å². The number of hydrogen-bond acceptors (Lipinski definition) is 4. The number of aromatic nitrogens is 2. The van der Waals surface area contributed by atoms with Crippen molar-refractivity contribution < 1.29 is 0 Å². The fourth-order valence-corrected chi connectivity index (χ4v) is 1.30. The first kappa shape index (κ1) is 8.95. The summed E-state index contributed by atoms with van der Waals surface area (Å²) in [6.07, 6.45) is 5.51. The minimum absolute atomic E-state index is 0.411. The van der Waals surface area contributed by atoms with Gasteiger partial charge in [-0.25, -0.2) is 9.97 Å². The normalized spacial score (nSPS) is 14.8. The SMILES string of the molecule is N#Cc1ccnc(NCCC2CC2)n1. The molecular formula is C10H12N4. The van der Waals surface area contributed by atoms with Crippen molar-refractivity contribution in [1.29, 1.82) is 5.26 Å². The Labute approximate surface area is 83.0 Å². The third kappa shape index (κ3) is 2.43. The summed E-state index contributed by atoms with van der Waals surface area (Å²) in [6.45, 7) is 0.902. The lowest BCUT2D eigenvalue weighted by molar-refractivity contribution is 0.755. The number of nitrogens with one attached hydrogen (secondary N) is 1. The van der Waals surface area contributed by atoms with Crippen molar-refractivity contribution in [2.24, 2.45) is 5.92 Å². The van der Waals surface area contributed by atoms with Crippen molar-refractivity contribution >= 4 is 5.95 Å². The van der Waals surface area contributed by atoms with Gasteiger partial charge in [0, 0.05) is 12.7 Å². The van der Waals surface area contributed by atoms with Crippen LogP contribution in [0.1, 0.15) is 25.0 Å². The fourth-order valence-electron chi connectivity index (χ4n) is 1.30. The molecule has 72 valence electrons. The lowest BCUT2D eigenvalue weighted by Crippen LogP contribution is -2.06. The molecule has 1 aromatic rings. The first-order valence-electron chi connectivity index (χ1n) is 4.85. The largest absolute Gasteiger partial charge is 0.354 e. The average Bonchev–Trinajstić information content (AvgIpc) is 3.02. The molecule has 0 saturated heterocycles. The Morgan fingerprint density at radius 2 is 2.43 bits per heavy atom. The van der Waals surface area contributed by atoms with Crippen LogP contribution in [-0.4, -0.2) is 16.5 Å². The molecule has 0 unspecified atom stereocenters.